The Labute approximate surface area is 118 Å². The van der Waals surface area contributed by atoms with Crippen molar-refractivity contribution in [1.82, 2.24) is 4.90 Å². The second kappa shape index (κ2) is 7.33. The molecule has 5 nitrogen and oxygen atoms in total. The number of amides is 1. The highest BCUT2D eigenvalue weighted by molar-refractivity contribution is 5.80. The molecule has 1 heterocycles. The minimum Gasteiger partial charge on any atom is -0.445 e. The molecule has 20 heavy (non-hydrogen) atoms. The Hall–Kier alpha value is -2.30. The number of carbonyl (C=O) groups excluding carboxylic acids is 1. The van der Waals surface area contributed by atoms with Crippen LogP contribution in [0, 0.1) is 0 Å². The zero-order valence-corrected chi connectivity index (χ0v) is 11.5. The van der Waals surface area contributed by atoms with Crippen molar-refractivity contribution in [3.63, 3.8) is 0 Å². The fraction of sp³-hybridized carbons (Fsp3) is 0.333. The number of hydrogen-bond acceptors (Lipinski definition) is 4. The van der Waals surface area contributed by atoms with Gasteiger partial charge in [0.2, 0.25) is 0 Å². The molecule has 0 saturated carbocycles. The second-order valence-electron chi connectivity index (χ2n) is 4.45. The molecule has 5 heteroatoms. The number of ether oxygens (including phenoxy) is 1. The predicted octanol–water partition coefficient (Wildman–Crippen LogP) is 2.59. The van der Waals surface area contributed by atoms with Crippen molar-refractivity contribution in [2.45, 2.75) is 13.0 Å². The van der Waals surface area contributed by atoms with Crippen LogP contribution in [-0.2, 0) is 16.2 Å². The molecule has 2 rings (SSSR count). The number of oxime groups is 1. The van der Waals surface area contributed by atoms with Gasteiger partial charge in [-0.2, -0.15) is 0 Å². The van der Waals surface area contributed by atoms with Crippen LogP contribution < -0.4 is 0 Å². The number of benzene rings is 1. The van der Waals surface area contributed by atoms with Gasteiger partial charge in [0, 0.05) is 6.54 Å². The fourth-order valence-corrected chi connectivity index (χ4v) is 1.95. The summed E-state index contributed by atoms with van der Waals surface area (Å²) in [4.78, 5) is 18.3. The number of nitrogens with zero attached hydrogens (tertiary/aromatic N) is 2. The van der Waals surface area contributed by atoms with Gasteiger partial charge in [0.25, 0.3) is 0 Å². The molecule has 0 bridgehead atoms. The molecular formula is C15H18N2O3. The molecule has 1 aromatic carbocycles. The molecule has 0 saturated heterocycles. The summed E-state index contributed by atoms with van der Waals surface area (Å²) in [6.45, 7) is 1.46. The normalized spacial score (nSPS) is 15.1. The van der Waals surface area contributed by atoms with Crippen LogP contribution in [0.2, 0.25) is 0 Å². The quantitative estimate of drug-likeness (QED) is 0.626. The van der Waals surface area contributed by atoms with Crippen molar-refractivity contribution >= 4 is 12.3 Å². The summed E-state index contributed by atoms with van der Waals surface area (Å²) in [6, 6.07) is 9.64. The molecule has 0 N–H and O–H groups in total. The summed E-state index contributed by atoms with van der Waals surface area (Å²) in [6.07, 6.45) is 4.16. The minimum atomic E-state index is -0.301. The molecule has 0 aromatic heterocycles. The van der Waals surface area contributed by atoms with Gasteiger partial charge in [-0.3, -0.25) is 0 Å². The van der Waals surface area contributed by atoms with E-state index in [9.17, 15) is 4.79 Å². The van der Waals surface area contributed by atoms with Crippen LogP contribution in [0.4, 0.5) is 4.79 Å². The third-order valence-corrected chi connectivity index (χ3v) is 2.97. The highest BCUT2D eigenvalue weighted by atomic mass is 16.6. The molecule has 1 amide bonds. The number of rotatable bonds is 4. The molecule has 0 spiro atoms. The third kappa shape index (κ3) is 4.12. The Balaban J connectivity index is 1.84. The lowest BCUT2D eigenvalue weighted by Crippen LogP contribution is -2.36. The maximum Gasteiger partial charge on any atom is 0.410 e. The highest BCUT2D eigenvalue weighted by Gasteiger charge is 2.18. The first kappa shape index (κ1) is 14.1. The zero-order valence-electron chi connectivity index (χ0n) is 11.5. The molecule has 1 aliphatic heterocycles. The Morgan fingerprint density at radius 3 is 2.95 bits per heavy atom. The van der Waals surface area contributed by atoms with E-state index in [2.05, 4.69) is 9.99 Å². The van der Waals surface area contributed by atoms with E-state index in [0.29, 0.717) is 19.7 Å². The Kier molecular flexibility index (Phi) is 5.17. The third-order valence-electron chi connectivity index (χ3n) is 2.97. The first-order chi connectivity index (χ1) is 9.79. The Bertz CT molecular complexity index is 497. The van der Waals surface area contributed by atoms with Gasteiger partial charge in [0.1, 0.15) is 13.7 Å². The van der Waals surface area contributed by atoms with E-state index in [1.807, 2.05) is 36.4 Å². The summed E-state index contributed by atoms with van der Waals surface area (Å²) < 4.78 is 5.30. The predicted molar refractivity (Wildman–Crippen MR) is 76.4 cm³/mol. The van der Waals surface area contributed by atoms with E-state index in [-0.39, 0.29) is 6.09 Å². The van der Waals surface area contributed by atoms with E-state index >= 15 is 0 Å². The smallest absolute Gasteiger partial charge is 0.410 e. The van der Waals surface area contributed by atoms with Gasteiger partial charge in [-0.1, -0.05) is 41.6 Å². The Morgan fingerprint density at radius 1 is 1.40 bits per heavy atom. The van der Waals surface area contributed by atoms with Gasteiger partial charge < -0.3 is 14.5 Å². The lowest BCUT2D eigenvalue weighted by atomic mass is 10.1. The van der Waals surface area contributed by atoms with Crippen LogP contribution in [0.3, 0.4) is 0 Å². The largest absolute Gasteiger partial charge is 0.445 e. The van der Waals surface area contributed by atoms with Crippen molar-refractivity contribution in [2.75, 3.05) is 20.2 Å². The fourth-order valence-electron chi connectivity index (χ4n) is 1.95. The lowest BCUT2D eigenvalue weighted by Gasteiger charge is -2.25. The number of carbonyl (C=O) groups is 1. The summed E-state index contributed by atoms with van der Waals surface area (Å²) in [7, 11) is 1.49. The summed E-state index contributed by atoms with van der Waals surface area (Å²) in [5.74, 6) is 0. The maximum absolute atomic E-state index is 12.0. The molecule has 0 aliphatic carbocycles. The average Bonchev–Trinajstić information content (AvgIpc) is 2.52. The molecule has 1 aliphatic rings. The molecule has 0 fully saturated rings. The highest BCUT2D eigenvalue weighted by Crippen LogP contribution is 2.11. The zero-order chi connectivity index (χ0) is 14.2. The van der Waals surface area contributed by atoms with Crippen LogP contribution >= 0.6 is 0 Å². The van der Waals surface area contributed by atoms with Crippen molar-refractivity contribution in [2.24, 2.45) is 5.16 Å². The summed E-state index contributed by atoms with van der Waals surface area (Å²) >= 11 is 0. The van der Waals surface area contributed by atoms with E-state index in [1.165, 1.54) is 7.11 Å². The van der Waals surface area contributed by atoms with Gasteiger partial charge >= 0.3 is 6.09 Å². The first-order valence-electron chi connectivity index (χ1n) is 6.51. The van der Waals surface area contributed by atoms with E-state index in [4.69, 9.17) is 4.74 Å². The molecule has 106 valence electrons. The van der Waals surface area contributed by atoms with Gasteiger partial charge in [-0.25, -0.2) is 4.79 Å². The lowest BCUT2D eigenvalue weighted by molar-refractivity contribution is 0.0989. The monoisotopic (exact) mass is 274 g/mol. The van der Waals surface area contributed by atoms with Gasteiger partial charge in [-0.15, -0.1) is 0 Å². The van der Waals surface area contributed by atoms with Crippen LogP contribution in [0.15, 0.2) is 47.1 Å². The van der Waals surface area contributed by atoms with Crippen molar-refractivity contribution in [1.29, 1.82) is 0 Å². The SMILES string of the molecule is CO/N=C/C1=CCCN(C(=O)OCc2ccccc2)C1. The number of hydrogen-bond donors (Lipinski definition) is 0. The van der Waals surface area contributed by atoms with E-state index in [1.54, 1.807) is 11.1 Å². The molecule has 1 aromatic rings. The van der Waals surface area contributed by atoms with Crippen LogP contribution in [-0.4, -0.2) is 37.4 Å². The van der Waals surface area contributed by atoms with Crippen LogP contribution in [0.1, 0.15) is 12.0 Å². The van der Waals surface area contributed by atoms with Crippen LogP contribution in [0.5, 0.6) is 0 Å². The average molecular weight is 274 g/mol. The standard InChI is InChI=1S/C15H18N2O3/c1-19-16-10-14-8-5-9-17(11-14)15(18)20-12-13-6-3-2-4-7-13/h2-4,6-8,10H,5,9,11-12H2,1H3/b16-10+. The van der Waals surface area contributed by atoms with Crippen molar-refractivity contribution in [3.8, 4) is 0 Å². The molecule has 0 radical (unpaired) electrons. The minimum absolute atomic E-state index is 0.293. The maximum atomic E-state index is 12.0. The molecule has 0 atom stereocenters. The summed E-state index contributed by atoms with van der Waals surface area (Å²) in [5.41, 5.74) is 1.93. The molecular weight excluding hydrogens is 256 g/mol. The Morgan fingerprint density at radius 2 is 2.20 bits per heavy atom. The summed E-state index contributed by atoms with van der Waals surface area (Å²) in [5, 5.41) is 3.71. The topological polar surface area (TPSA) is 51.1 Å². The molecule has 0 unspecified atom stereocenters. The second-order valence-corrected chi connectivity index (χ2v) is 4.45. The van der Waals surface area contributed by atoms with Gasteiger partial charge in [0.15, 0.2) is 0 Å². The van der Waals surface area contributed by atoms with Crippen LogP contribution in [0.25, 0.3) is 0 Å². The van der Waals surface area contributed by atoms with E-state index in [0.717, 1.165) is 17.6 Å². The van der Waals surface area contributed by atoms with Gasteiger partial charge in [-0.05, 0) is 17.6 Å². The first-order valence-corrected chi connectivity index (χ1v) is 6.51. The van der Waals surface area contributed by atoms with Crippen molar-refractivity contribution in [3.05, 3.63) is 47.5 Å². The van der Waals surface area contributed by atoms with E-state index < -0.39 is 0 Å². The van der Waals surface area contributed by atoms with Crippen molar-refractivity contribution < 1.29 is 14.4 Å². The van der Waals surface area contributed by atoms with Gasteiger partial charge in [0.05, 0.1) is 12.8 Å².